The van der Waals surface area contributed by atoms with E-state index in [1.165, 1.54) is 11.1 Å². The maximum absolute atomic E-state index is 13.3. The van der Waals surface area contributed by atoms with Gasteiger partial charge in [0.25, 0.3) is 5.91 Å². The number of carbonyl (C=O) groups excluding carboxylic acids is 2. The second-order valence-corrected chi connectivity index (χ2v) is 11.0. The number of aryl methyl sites for hydroxylation is 1. The number of piperazine rings is 2. The number of aromatic nitrogens is 3. The predicted octanol–water partition coefficient (Wildman–Crippen LogP) is 1.03. The highest BCUT2D eigenvalue weighted by Crippen LogP contribution is 2.30. The van der Waals surface area contributed by atoms with Crippen LogP contribution in [0.3, 0.4) is 0 Å². The van der Waals surface area contributed by atoms with Gasteiger partial charge in [0.1, 0.15) is 17.5 Å². The van der Waals surface area contributed by atoms with Crippen molar-refractivity contribution in [1.29, 1.82) is 0 Å². The molecule has 0 saturated carbocycles. The third kappa shape index (κ3) is 5.47. The molecule has 2 amide bonds. The monoisotopic (exact) mass is 556 g/mol. The molecule has 214 valence electrons. The number of likely N-dealkylation sites (N-methyl/N-ethyl adjacent to an activating group) is 1. The van der Waals surface area contributed by atoms with Gasteiger partial charge < -0.3 is 36.0 Å². The second-order valence-electron chi connectivity index (χ2n) is 11.0. The molecule has 2 fully saturated rings. The van der Waals surface area contributed by atoms with E-state index in [9.17, 15) is 9.59 Å². The Hall–Kier alpha value is -4.45. The Morgan fingerprint density at radius 1 is 0.780 bits per heavy atom. The Kier molecular flexibility index (Phi) is 7.08. The molecule has 0 unspecified atom stereocenters. The van der Waals surface area contributed by atoms with Crippen molar-refractivity contribution in [3.8, 4) is 0 Å². The molecule has 3 aliphatic rings. The minimum absolute atomic E-state index is 0.00249. The lowest BCUT2D eigenvalue weighted by Crippen LogP contribution is -2.51. The van der Waals surface area contributed by atoms with Gasteiger partial charge in [-0.25, -0.2) is 4.98 Å². The molecule has 2 aromatic heterocycles. The van der Waals surface area contributed by atoms with Crippen molar-refractivity contribution in [3.05, 3.63) is 58.8 Å². The van der Waals surface area contributed by atoms with Gasteiger partial charge in [-0.2, -0.15) is 9.97 Å². The highest BCUT2D eigenvalue weighted by Gasteiger charge is 2.28. The number of nitrogen functional groups attached to an aromatic ring is 1. The van der Waals surface area contributed by atoms with Gasteiger partial charge in [-0.05, 0) is 55.8 Å². The van der Waals surface area contributed by atoms with Crippen LogP contribution in [0.4, 0.5) is 29.1 Å². The molecular weight excluding hydrogens is 520 g/mol. The summed E-state index contributed by atoms with van der Waals surface area (Å²) in [4.78, 5) is 49.1. The van der Waals surface area contributed by atoms with Crippen LogP contribution in [-0.2, 0) is 17.8 Å². The summed E-state index contributed by atoms with van der Waals surface area (Å²) in [6, 6.07) is 11.8. The average Bonchev–Trinajstić information content (AvgIpc) is 2.96. The summed E-state index contributed by atoms with van der Waals surface area (Å²) in [5, 5.41) is 0. The van der Waals surface area contributed by atoms with Crippen molar-refractivity contribution in [2.24, 2.45) is 5.73 Å². The largest absolute Gasteiger partial charge is 0.368 e. The fourth-order valence-corrected chi connectivity index (χ4v) is 5.83. The lowest BCUT2D eigenvalue weighted by atomic mass is 9.98. The van der Waals surface area contributed by atoms with E-state index >= 15 is 0 Å². The normalized spacial score (nSPS) is 18.0. The summed E-state index contributed by atoms with van der Waals surface area (Å²) in [7, 11) is 2.13. The number of nitrogens with two attached hydrogens (primary N) is 2. The number of pyridine rings is 1. The Labute approximate surface area is 239 Å². The summed E-state index contributed by atoms with van der Waals surface area (Å²) in [6.07, 6.45) is 0.886. The molecule has 0 bridgehead atoms. The zero-order valence-corrected chi connectivity index (χ0v) is 23.6. The molecule has 6 rings (SSSR count). The molecule has 3 aromatic rings. The predicted molar refractivity (Wildman–Crippen MR) is 159 cm³/mol. The average molecular weight is 557 g/mol. The fourth-order valence-electron chi connectivity index (χ4n) is 5.83. The number of amides is 2. The van der Waals surface area contributed by atoms with Crippen LogP contribution in [0.1, 0.15) is 27.2 Å². The Balaban J connectivity index is 1.16. The van der Waals surface area contributed by atoms with Crippen LogP contribution in [0, 0.1) is 6.92 Å². The Morgan fingerprint density at radius 2 is 1.49 bits per heavy atom. The van der Waals surface area contributed by atoms with Gasteiger partial charge in [0, 0.05) is 64.1 Å². The molecule has 0 spiro atoms. The quantitative estimate of drug-likeness (QED) is 0.468. The zero-order chi connectivity index (χ0) is 28.7. The maximum Gasteiger partial charge on any atom is 0.250 e. The standard InChI is InChI=1S/C29H36N10O2/c1-19-23(28(30)41)5-6-24(32-19)38-13-14-39(27(40)18-38)22-4-3-20-7-8-37(17-21(20)15-22)26-16-25(33-29(31)34-26)36-11-9-35(2)10-12-36/h3-6,15-16H,7-14,17-18H2,1-2H3,(H2,30,41)(H2,31,33,34). The smallest absolute Gasteiger partial charge is 0.250 e. The number of benzene rings is 1. The number of hydrogen-bond acceptors (Lipinski definition) is 10. The van der Waals surface area contributed by atoms with E-state index in [1.807, 2.05) is 21.9 Å². The van der Waals surface area contributed by atoms with Crippen molar-refractivity contribution in [1.82, 2.24) is 19.9 Å². The number of primary amides is 1. The van der Waals surface area contributed by atoms with E-state index in [0.717, 1.165) is 56.5 Å². The highest BCUT2D eigenvalue weighted by molar-refractivity contribution is 5.98. The van der Waals surface area contributed by atoms with E-state index in [2.05, 4.69) is 48.8 Å². The summed E-state index contributed by atoms with van der Waals surface area (Å²) >= 11 is 0. The molecule has 0 aliphatic carbocycles. The third-order valence-corrected chi connectivity index (χ3v) is 8.26. The summed E-state index contributed by atoms with van der Waals surface area (Å²) in [5.74, 6) is 2.15. The van der Waals surface area contributed by atoms with Crippen molar-refractivity contribution in [3.63, 3.8) is 0 Å². The topological polar surface area (TPSA) is 141 Å². The summed E-state index contributed by atoms with van der Waals surface area (Å²) in [6.45, 7) is 8.45. The van der Waals surface area contributed by atoms with Gasteiger partial charge in [0.05, 0.1) is 17.8 Å². The lowest BCUT2D eigenvalue weighted by Gasteiger charge is -2.36. The Bertz CT molecular complexity index is 1490. The molecule has 12 nitrogen and oxygen atoms in total. The molecular formula is C29H36N10O2. The van der Waals surface area contributed by atoms with E-state index in [4.69, 9.17) is 11.5 Å². The second kappa shape index (κ2) is 10.8. The molecule has 1 aromatic carbocycles. The van der Waals surface area contributed by atoms with Crippen LogP contribution in [0.25, 0.3) is 0 Å². The van der Waals surface area contributed by atoms with E-state index < -0.39 is 5.91 Å². The van der Waals surface area contributed by atoms with Crippen molar-refractivity contribution >= 4 is 40.9 Å². The molecule has 41 heavy (non-hydrogen) atoms. The number of nitrogens with zero attached hydrogens (tertiary/aromatic N) is 8. The first kappa shape index (κ1) is 26.8. The van der Waals surface area contributed by atoms with Crippen LogP contribution < -0.4 is 31.1 Å². The third-order valence-electron chi connectivity index (χ3n) is 8.26. The molecule has 0 atom stereocenters. The van der Waals surface area contributed by atoms with Crippen molar-refractivity contribution in [2.75, 3.05) is 84.7 Å². The highest BCUT2D eigenvalue weighted by atomic mass is 16.2. The van der Waals surface area contributed by atoms with Gasteiger partial charge in [0.2, 0.25) is 11.9 Å². The van der Waals surface area contributed by atoms with Gasteiger partial charge in [-0.1, -0.05) is 6.07 Å². The number of hydrogen-bond donors (Lipinski definition) is 2. The van der Waals surface area contributed by atoms with Crippen LogP contribution >= 0.6 is 0 Å². The minimum Gasteiger partial charge on any atom is -0.368 e. The minimum atomic E-state index is -0.507. The van der Waals surface area contributed by atoms with Crippen molar-refractivity contribution in [2.45, 2.75) is 19.9 Å². The van der Waals surface area contributed by atoms with Gasteiger partial charge >= 0.3 is 0 Å². The maximum atomic E-state index is 13.3. The number of carbonyl (C=O) groups is 2. The summed E-state index contributed by atoms with van der Waals surface area (Å²) in [5.41, 5.74) is 15.9. The number of rotatable bonds is 5. The first-order valence-electron chi connectivity index (χ1n) is 14.0. The van der Waals surface area contributed by atoms with E-state index in [-0.39, 0.29) is 18.4 Å². The van der Waals surface area contributed by atoms with Crippen LogP contribution in [-0.4, -0.2) is 91.1 Å². The van der Waals surface area contributed by atoms with E-state index in [0.29, 0.717) is 36.7 Å². The summed E-state index contributed by atoms with van der Waals surface area (Å²) < 4.78 is 0. The number of fused-ring (bicyclic) bond motifs is 1. The van der Waals surface area contributed by atoms with Gasteiger partial charge in [0.15, 0.2) is 0 Å². The first-order chi connectivity index (χ1) is 19.7. The van der Waals surface area contributed by atoms with Gasteiger partial charge in [-0.15, -0.1) is 0 Å². The van der Waals surface area contributed by atoms with Gasteiger partial charge in [-0.3, -0.25) is 9.59 Å². The molecule has 5 heterocycles. The number of anilines is 5. The van der Waals surface area contributed by atoms with Crippen LogP contribution in [0.15, 0.2) is 36.4 Å². The first-order valence-corrected chi connectivity index (χ1v) is 14.0. The molecule has 0 radical (unpaired) electrons. The molecule has 4 N–H and O–H groups in total. The van der Waals surface area contributed by atoms with Crippen LogP contribution in [0.2, 0.25) is 0 Å². The molecule has 3 aliphatic heterocycles. The van der Waals surface area contributed by atoms with Crippen molar-refractivity contribution < 1.29 is 9.59 Å². The SMILES string of the molecule is Cc1nc(N2CCN(c3ccc4c(c3)CN(c3cc(N5CCN(C)CC5)nc(N)n3)CC4)C(=O)C2)ccc1C(N)=O. The molecule has 2 saturated heterocycles. The lowest BCUT2D eigenvalue weighted by molar-refractivity contribution is -0.117. The Morgan fingerprint density at radius 3 is 2.20 bits per heavy atom. The molecule has 12 heteroatoms. The van der Waals surface area contributed by atoms with Crippen LogP contribution in [0.5, 0.6) is 0 Å². The van der Waals surface area contributed by atoms with E-state index in [1.54, 1.807) is 19.1 Å². The zero-order valence-electron chi connectivity index (χ0n) is 23.6. The fraction of sp³-hybridized carbons (Fsp3) is 0.414.